The summed E-state index contributed by atoms with van der Waals surface area (Å²) < 4.78 is 5.75. The Balaban J connectivity index is 1.45. The van der Waals surface area contributed by atoms with Crippen LogP contribution in [0, 0.1) is 11.3 Å². The topological polar surface area (TPSA) is 115 Å². The quantitative estimate of drug-likeness (QED) is 0.445. The molecular formula is C25H20N4O4. The number of benzene rings is 2. The van der Waals surface area contributed by atoms with Crippen molar-refractivity contribution in [2.75, 3.05) is 11.9 Å². The smallest absolute Gasteiger partial charge is 0.329 e. The van der Waals surface area contributed by atoms with Crippen LogP contribution in [0.1, 0.15) is 23.8 Å². The molecule has 0 radical (unpaired) electrons. The van der Waals surface area contributed by atoms with Gasteiger partial charge in [-0.3, -0.25) is 9.59 Å². The third-order valence-electron chi connectivity index (χ3n) is 5.15. The molecule has 2 heterocycles. The second-order valence-corrected chi connectivity index (χ2v) is 7.33. The molecule has 0 bridgehead atoms. The van der Waals surface area contributed by atoms with E-state index in [0.717, 1.165) is 22.4 Å². The Bertz CT molecular complexity index is 1300. The molecule has 1 aliphatic heterocycles. The third kappa shape index (κ3) is 4.67. The number of urea groups is 1. The molecular weight excluding hydrogens is 420 g/mol. The zero-order valence-corrected chi connectivity index (χ0v) is 17.8. The number of nitriles is 1. The average Bonchev–Trinajstić information content (AvgIpc) is 3.40. The van der Waals surface area contributed by atoms with E-state index in [1.165, 1.54) is 6.08 Å². The molecule has 2 N–H and O–H groups in total. The molecule has 0 unspecified atom stereocenters. The zero-order chi connectivity index (χ0) is 23.4. The number of anilines is 1. The molecule has 2 aromatic carbocycles. The zero-order valence-electron chi connectivity index (χ0n) is 17.8. The van der Waals surface area contributed by atoms with Crippen molar-refractivity contribution in [2.24, 2.45) is 0 Å². The summed E-state index contributed by atoms with van der Waals surface area (Å²) in [6, 6.07) is 19.0. The highest BCUT2D eigenvalue weighted by molar-refractivity contribution is 6.15. The third-order valence-corrected chi connectivity index (χ3v) is 5.15. The monoisotopic (exact) mass is 440 g/mol. The molecule has 164 valence electrons. The van der Waals surface area contributed by atoms with Gasteiger partial charge < -0.3 is 15.1 Å². The number of carbonyl (C=O) groups is 3. The van der Waals surface area contributed by atoms with Gasteiger partial charge in [-0.25, -0.2) is 9.69 Å². The highest BCUT2D eigenvalue weighted by Gasteiger charge is 2.35. The lowest BCUT2D eigenvalue weighted by Crippen LogP contribution is -2.38. The van der Waals surface area contributed by atoms with Gasteiger partial charge in [0.1, 0.15) is 23.8 Å². The summed E-state index contributed by atoms with van der Waals surface area (Å²) in [6.07, 6.45) is 2.15. The van der Waals surface area contributed by atoms with Crippen molar-refractivity contribution < 1.29 is 18.8 Å². The predicted octanol–water partition coefficient (Wildman–Crippen LogP) is 3.91. The Hall–Kier alpha value is -4.64. The maximum Gasteiger partial charge on any atom is 0.329 e. The average molecular weight is 440 g/mol. The summed E-state index contributed by atoms with van der Waals surface area (Å²) in [5.41, 5.74) is 2.93. The van der Waals surface area contributed by atoms with Gasteiger partial charge in [0, 0.05) is 17.3 Å². The summed E-state index contributed by atoms with van der Waals surface area (Å²) in [7, 11) is 0. The first-order valence-corrected chi connectivity index (χ1v) is 10.3. The summed E-state index contributed by atoms with van der Waals surface area (Å²) in [5.74, 6) is -0.174. The predicted molar refractivity (Wildman–Crippen MR) is 122 cm³/mol. The largest absolute Gasteiger partial charge is 0.457 e. The normalized spacial score (nSPS) is 14.3. The van der Waals surface area contributed by atoms with Crippen molar-refractivity contribution in [3.05, 3.63) is 83.2 Å². The van der Waals surface area contributed by atoms with Crippen LogP contribution >= 0.6 is 0 Å². The molecule has 1 fully saturated rings. The van der Waals surface area contributed by atoms with Crippen molar-refractivity contribution in [2.45, 2.75) is 13.3 Å². The molecule has 4 rings (SSSR count). The number of imide groups is 1. The molecule has 8 nitrogen and oxygen atoms in total. The second kappa shape index (κ2) is 9.24. The van der Waals surface area contributed by atoms with E-state index in [-0.39, 0.29) is 5.70 Å². The number of carbonyl (C=O) groups excluding carboxylic acids is 3. The van der Waals surface area contributed by atoms with E-state index in [1.54, 1.807) is 48.5 Å². The molecule has 33 heavy (non-hydrogen) atoms. The van der Waals surface area contributed by atoms with E-state index >= 15 is 0 Å². The lowest BCUT2D eigenvalue weighted by atomic mass is 10.1. The molecule has 4 amide bonds. The van der Waals surface area contributed by atoms with Crippen molar-refractivity contribution in [3.8, 4) is 17.4 Å². The van der Waals surface area contributed by atoms with Gasteiger partial charge in [-0.2, -0.15) is 5.26 Å². The lowest BCUT2D eigenvalue weighted by molar-refractivity contribution is -0.127. The van der Waals surface area contributed by atoms with Crippen LogP contribution in [0.5, 0.6) is 0 Å². The Kier molecular flexibility index (Phi) is 6.04. The van der Waals surface area contributed by atoms with Gasteiger partial charge in [-0.05, 0) is 54.4 Å². The van der Waals surface area contributed by atoms with Crippen LogP contribution in [0.15, 0.2) is 70.8 Å². The number of hydrogen-bond acceptors (Lipinski definition) is 5. The summed E-state index contributed by atoms with van der Waals surface area (Å²) in [6.45, 7) is 1.57. The Morgan fingerprint density at radius 3 is 2.61 bits per heavy atom. The van der Waals surface area contributed by atoms with Gasteiger partial charge in [-0.1, -0.05) is 25.1 Å². The Morgan fingerprint density at radius 2 is 1.88 bits per heavy atom. The van der Waals surface area contributed by atoms with Gasteiger partial charge in [0.15, 0.2) is 0 Å². The molecule has 0 spiro atoms. The van der Waals surface area contributed by atoms with Crippen LogP contribution < -0.4 is 10.6 Å². The maximum atomic E-state index is 12.7. The van der Waals surface area contributed by atoms with Crippen LogP contribution in [-0.2, 0) is 16.0 Å². The summed E-state index contributed by atoms with van der Waals surface area (Å²) >= 11 is 0. The van der Waals surface area contributed by atoms with Crippen molar-refractivity contribution in [1.82, 2.24) is 10.2 Å². The number of rotatable bonds is 6. The molecule has 1 aliphatic rings. The lowest BCUT2D eigenvalue weighted by Gasteiger charge is -2.13. The first-order valence-electron chi connectivity index (χ1n) is 10.3. The molecule has 0 aliphatic carbocycles. The van der Waals surface area contributed by atoms with Crippen molar-refractivity contribution in [3.63, 3.8) is 0 Å². The second-order valence-electron chi connectivity index (χ2n) is 7.33. The number of para-hydroxylation sites is 1. The fourth-order valence-electron chi connectivity index (χ4n) is 3.44. The number of aryl methyl sites for hydroxylation is 1. The number of amides is 4. The number of nitrogens with one attached hydrogen (secondary N) is 2. The van der Waals surface area contributed by atoms with Crippen LogP contribution in [-0.4, -0.2) is 29.3 Å². The highest BCUT2D eigenvalue weighted by atomic mass is 16.3. The Labute approximate surface area is 190 Å². The van der Waals surface area contributed by atoms with Crippen LogP contribution in [0.25, 0.3) is 17.4 Å². The molecule has 1 aromatic heterocycles. The van der Waals surface area contributed by atoms with Gasteiger partial charge in [0.05, 0.1) is 11.6 Å². The fourth-order valence-corrected chi connectivity index (χ4v) is 3.44. The van der Waals surface area contributed by atoms with E-state index in [1.807, 2.05) is 19.1 Å². The highest BCUT2D eigenvalue weighted by Crippen LogP contribution is 2.24. The van der Waals surface area contributed by atoms with Crippen molar-refractivity contribution >= 4 is 29.6 Å². The molecule has 0 atom stereocenters. The summed E-state index contributed by atoms with van der Waals surface area (Å²) in [5, 5.41) is 14.1. The molecule has 3 aromatic rings. The first kappa shape index (κ1) is 21.6. The van der Waals surface area contributed by atoms with E-state index in [9.17, 15) is 14.4 Å². The standard InChI is InChI=1S/C25H20N4O4/c1-2-17-5-3-4-6-20(17)27-23(30)15-29-24(31)21(28-25(29)32)13-19-11-12-22(33-19)18-9-7-16(14-26)8-10-18/h3-13H,2,15H2,1H3,(H,27,30)(H,28,32)/b21-13+. The Morgan fingerprint density at radius 1 is 1.12 bits per heavy atom. The van der Waals surface area contributed by atoms with E-state index in [2.05, 4.69) is 16.7 Å². The van der Waals surface area contributed by atoms with Crippen LogP contribution in [0.2, 0.25) is 0 Å². The minimum Gasteiger partial charge on any atom is -0.457 e. The van der Waals surface area contributed by atoms with Crippen molar-refractivity contribution in [1.29, 1.82) is 5.26 Å². The first-order chi connectivity index (χ1) is 16.0. The van der Waals surface area contributed by atoms with Crippen LogP contribution in [0.4, 0.5) is 10.5 Å². The summed E-state index contributed by atoms with van der Waals surface area (Å²) in [4.78, 5) is 38.3. The number of furan rings is 1. The van der Waals surface area contributed by atoms with Crippen LogP contribution in [0.3, 0.4) is 0 Å². The SMILES string of the molecule is CCc1ccccc1NC(=O)CN1C(=O)N/C(=C/c2ccc(-c3ccc(C#N)cc3)o2)C1=O. The minimum absolute atomic E-state index is 0.0162. The van der Waals surface area contributed by atoms with E-state index in [0.29, 0.717) is 22.8 Å². The molecule has 8 heteroatoms. The molecule has 1 saturated heterocycles. The van der Waals surface area contributed by atoms with Gasteiger partial charge in [0.2, 0.25) is 5.91 Å². The van der Waals surface area contributed by atoms with Gasteiger partial charge in [0.25, 0.3) is 5.91 Å². The number of nitrogens with zero attached hydrogens (tertiary/aromatic N) is 2. The maximum absolute atomic E-state index is 12.7. The fraction of sp³-hybridized carbons (Fsp3) is 0.120. The van der Waals surface area contributed by atoms with E-state index in [4.69, 9.17) is 9.68 Å². The molecule has 0 saturated carbocycles. The number of hydrogen-bond donors (Lipinski definition) is 2. The minimum atomic E-state index is -0.677. The van der Waals surface area contributed by atoms with Gasteiger partial charge >= 0.3 is 6.03 Å². The van der Waals surface area contributed by atoms with E-state index < -0.39 is 24.4 Å². The van der Waals surface area contributed by atoms with Gasteiger partial charge in [-0.15, -0.1) is 0 Å².